The molecule has 0 saturated carbocycles. The third-order valence-electron chi connectivity index (χ3n) is 3.88. The molecule has 4 heteroatoms. The zero-order valence-electron chi connectivity index (χ0n) is 10.8. The van der Waals surface area contributed by atoms with E-state index in [1.807, 2.05) is 6.07 Å². The molecule has 3 rings (SSSR count). The molecule has 0 bridgehead atoms. The largest absolute Gasteiger partial charge is 0.369 e. The minimum atomic E-state index is 0.0705. The second kappa shape index (κ2) is 4.61. The molecule has 1 aromatic rings. The van der Waals surface area contributed by atoms with Gasteiger partial charge in [-0.1, -0.05) is 0 Å². The molecular weight excluding hydrogens is 226 g/mol. The number of likely N-dealkylation sites (N-methyl/N-ethyl adjacent to an activating group) is 1. The maximum absolute atomic E-state index is 11.7. The van der Waals surface area contributed by atoms with Crippen molar-refractivity contribution in [1.82, 2.24) is 10.2 Å². The van der Waals surface area contributed by atoms with Crippen LogP contribution in [0.2, 0.25) is 0 Å². The van der Waals surface area contributed by atoms with Crippen LogP contribution in [0.3, 0.4) is 0 Å². The van der Waals surface area contributed by atoms with Crippen LogP contribution in [0.5, 0.6) is 0 Å². The lowest BCUT2D eigenvalue weighted by atomic mass is 9.99. The first-order valence-corrected chi connectivity index (χ1v) is 6.58. The molecule has 0 aromatic heterocycles. The van der Waals surface area contributed by atoms with Gasteiger partial charge in [0.1, 0.15) is 0 Å². The molecule has 96 valence electrons. The van der Waals surface area contributed by atoms with E-state index in [2.05, 4.69) is 34.3 Å². The maximum atomic E-state index is 11.7. The summed E-state index contributed by atoms with van der Waals surface area (Å²) in [5.41, 5.74) is 3.30. The van der Waals surface area contributed by atoms with Crippen LogP contribution in [-0.2, 0) is 6.42 Å². The first-order chi connectivity index (χ1) is 8.74. The molecule has 2 aliphatic heterocycles. The number of hydrogen-bond donors (Lipinski definition) is 1. The van der Waals surface area contributed by atoms with Crippen molar-refractivity contribution in [3.05, 3.63) is 29.3 Å². The molecule has 18 heavy (non-hydrogen) atoms. The number of benzene rings is 1. The van der Waals surface area contributed by atoms with E-state index < -0.39 is 0 Å². The Morgan fingerprint density at radius 2 is 1.94 bits per heavy atom. The molecule has 4 nitrogen and oxygen atoms in total. The Morgan fingerprint density at radius 1 is 1.17 bits per heavy atom. The number of nitrogens with one attached hydrogen (secondary N) is 1. The van der Waals surface area contributed by atoms with E-state index in [-0.39, 0.29) is 5.91 Å². The van der Waals surface area contributed by atoms with E-state index in [0.29, 0.717) is 0 Å². The van der Waals surface area contributed by atoms with Crippen molar-refractivity contribution in [2.75, 3.05) is 44.7 Å². The summed E-state index contributed by atoms with van der Waals surface area (Å²) in [7, 11) is 2.16. The second-order valence-electron chi connectivity index (χ2n) is 5.14. The normalized spacial score (nSPS) is 20.5. The van der Waals surface area contributed by atoms with E-state index in [9.17, 15) is 4.79 Å². The van der Waals surface area contributed by atoms with Crippen LogP contribution in [-0.4, -0.2) is 50.6 Å². The highest BCUT2D eigenvalue weighted by Crippen LogP contribution is 2.23. The first-order valence-electron chi connectivity index (χ1n) is 6.58. The highest BCUT2D eigenvalue weighted by Gasteiger charge is 2.19. The van der Waals surface area contributed by atoms with E-state index in [1.165, 1.54) is 11.3 Å². The molecule has 0 aliphatic carbocycles. The van der Waals surface area contributed by atoms with Gasteiger partial charge in [-0.2, -0.15) is 0 Å². The van der Waals surface area contributed by atoms with Crippen LogP contribution in [0.4, 0.5) is 5.69 Å². The van der Waals surface area contributed by atoms with Gasteiger partial charge < -0.3 is 15.1 Å². The number of anilines is 1. The average Bonchev–Trinajstić information content (AvgIpc) is 2.39. The van der Waals surface area contributed by atoms with Crippen LogP contribution in [0, 0.1) is 0 Å². The SMILES string of the molecule is CN1CCN(c2ccc3c(c2)CCNC3=O)CC1. The summed E-state index contributed by atoms with van der Waals surface area (Å²) in [6.45, 7) is 5.12. The predicted molar refractivity (Wildman–Crippen MR) is 72.2 cm³/mol. The summed E-state index contributed by atoms with van der Waals surface area (Å²) >= 11 is 0. The van der Waals surface area contributed by atoms with Crippen molar-refractivity contribution in [2.45, 2.75) is 6.42 Å². The highest BCUT2D eigenvalue weighted by atomic mass is 16.1. The van der Waals surface area contributed by atoms with Gasteiger partial charge in [0.15, 0.2) is 0 Å². The Bertz CT molecular complexity index is 464. The summed E-state index contributed by atoms with van der Waals surface area (Å²) < 4.78 is 0. The number of carbonyl (C=O) groups excluding carboxylic acids is 1. The Morgan fingerprint density at radius 3 is 2.72 bits per heavy atom. The zero-order chi connectivity index (χ0) is 12.5. The standard InChI is InChI=1S/C14H19N3O/c1-16-6-8-17(9-7-16)12-2-3-13-11(10-12)4-5-15-14(13)18/h2-3,10H,4-9H2,1H3,(H,15,18). The van der Waals surface area contributed by atoms with Crippen LogP contribution in [0.1, 0.15) is 15.9 Å². The lowest BCUT2D eigenvalue weighted by Crippen LogP contribution is -2.44. The molecule has 1 amide bonds. The molecule has 0 radical (unpaired) electrons. The fourth-order valence-electron chi connectivity index (χ4n) is 2.68. The maximum Gasteiger partial charge on any atom is 0.251 e. The molecule has 0 spiro atoms. The third kappa shape index (κ3) is 2.08. The van der Waals surface area contributed by atoms with E-state index >= 15 is 0 Å². The lowest BCUT2D eigenvalue weighted by Gasteiger charge is -2.34. The number of amides is 1. The van der Waals surface area contributed by atoms with Gasteiger partial charge in [-0.3, -0.25) is 4.79 Å². The smallest absolute Gasteiger partial charge is 0.251 e. The lowest BCUT2D eigenvalue weighted by molar-refractivity contribution is 0.0946. The fourth-order valence-corrected chi connectivity index (χ4v) is 2.68. The Hall–Kier alpha value is -1.55. The van der Waals surface area contributed by atoms with Gasteiger partial charge in [-0.05, 0) is 37.2 Å². The topological polar surface area (TPSA) is 35.6 Å². The van der Waals surface area contributed by atoms with Crippen molar-refractivity contribution in [3.63, 3.8) is 0 Å². The molecule has 1 fully saturated rings. The molecule has 1 aromatic carbocycles. The van der Waals surface area contributed by atoms with Gasteiger partial charge in [-0.15, -0.1) is 0 Å². The van der Waals surface area contributed by atoms with E-state index in [1.54, 1.807) is 0 Å². The highest BCUT2D eigenvalue weighted by molar-refractivity contribution is 5.97. The minimum Gasteiger partial charge on any atom is -0.369 e. The van der Waals surface area contributed by atoms with Crippen molar-refractivity contribution >= 4 is 11.6 Å². The van der Waals surface area contributed by atoms with E-state index in [0.717, 1.165) is 44.7 Å². The van der Waals surface area contributed by atoms with Gasteiger partial charge >= 0.3 is 0 Å². The van der Waals surface area contributed by atoms with Gasteiger partial charge in [0.05, 0.1) is 0 Å². The molecule has 1 saturated heterocycles. The van der Waals surface area contributed by atoms with E-state index in [4.69, 9.17) is 0 Å². The van der Waals surface area contributed by atoms with Crippen LogP contribution >= 0.6 is 0 Å². The number of nitrogens with zero attached hydrogens (tertiary/aromatic N) is 2. The second-order valence-corrected chi connectivity index (χ2v) is 5.14. The molecular formula is C14H19N3O. The number of rotatable bonds is 1. The summed E-state index contributed by atoms with van der Waals surface area (Å²) in [6.07, 6.45) is 0.947. The van der Waals surface area contributed by atoms with Gasteiger partial charge in [0.25, 0.3) is 5.91 Å². The molecule has 0 unspecified atom stereocenters. The van der Waals surface area contributed by atoms with Gasteiger partial charge in [-0.25, -0.2) is 0 Å². The number of fused-ring (bicyclic) bond motifs is 1. The monoisotopic (exact) mass is 245 g/mol. The van der Waals surface area contributed by atoms with Crippen molar-refractivity contribution in [3.8, 4) is 0 Å². The summed E-state index contributed by atoms with van der Waals surface area (Å²) in [5.74, 6) is 0.0705. The fraction of sp³-hybridized carbons (Fsp3) is 0.500. The summed E-state index contributed by atoms with van der Waals surface area (Å²) in [6, 6.07) is 6.24. The third-order valence-corrected chi connectivity index (χ3v) is 3.88. The van der Waals surface area contributed by atoms with Crippen molar-refractivity contribution in [1.29, 1.82) is 0 Å². The molecule has 2 aliphatic rings. The van der Waals surface area contributed by atoms with Gasteiger partial charge in [0.2, 0.25) is 0 Å². The molecule has 1 N–H and O–H groups in total. The van der Waals surface area contributed by atoms with Gasteiger partial charge in [0, 0.05) is 44.0 Å². The predicted octanol–water partition coefficient (Wildman–Crippen LogP) is 0.724. The quantitative estimate of drug-likeness (QED) is 0.792. The summed E-state index contributed by atoms with van der Waals surface area (Å²) in [5, 5.41) is 2.88. The van der Waals surface area contributed by atoms with Crippen LogP contribution < -0.4 is 10.2 Å². The van der Waals surface area contributed by atoms with Crippen molar-refractivity contribution < 1.29 is 4.79 Å². The van der Waals surface area contributed by atoms with Crippen molar-refractivity contribution in [2.24, 2.45) is 0 Å². The Balaban J connectivity index is 1.84. The zero-order valence-corrected chi connectivity index (χ0v) is 10.8. The minimum absolute atomic E-state index is 0.0705. The van der Waals surface area contributed by atoms with Crippen LogP contribution in [0.15, 0.2) is 18.2 Å². The Kier molecular flexibility index (Phi) is 2.96. The number of hydrogen-bond acceptors (Lipinski definition) is 3. The molecule has 0 atom stereocenters. The molecule has 2 heterocycles. The number of carbonyl (C=O) groups is 1. The number of piperazine rings is 1. The summed E-state index contributed by atoms with van der Waals surface area (Å²) in [4.78, 5) is 16.4. The first kappa shape index (κ1) is 11.5. The Labute approximate surface area is 108 Å². The average molecular weight is 245 g/mol. The van der Waals surface area contributed by atoms with Crippen LogP contribution in [0.25, 0.3) is 0 Å².